The summed E-state index contributed by atoms with van der Waals surface area (Å²) in [6.07, 6.45) is 1.37. The molecular formula is C18H14FNO2. The number of hydrogen-bond acceptors (Lipinski definition) is 3. The van der Waals surface area contributed by atoms with Gasteiger partial charge in [-0.3, -0.25) is 0 Å². The predicted octanol–water partition coefficient (Wildman–Crippen LogP) is 4.20. The van der Waals surface area contributed by atoms with Gasteiger partial charge in [0.15, 0.2) is 0 Å². The Morgan fingerprint density at radius 2 is 1.73 bits per heavy atom. The van der Waals surface area contributed by atoms with Gasteiger partial charge in [0, 0.05) is 5.56 Å². The molecule has 0 aliphatic heterocycles. The number of carbonyl (C=O) groups is 1. The van der Waals surface area contributed by atoms with E-state index in [1.165, 1.54) is 6.08 Å². The van der Waals surface area contributed by atoms with E-state index in [2.05, 4.69) is 0 Å². The number of halogens is 1. The number of nitriles is 1. The molecule has 0 bridgehead atoms. The molecule has 0 aliphatic rings. The first-order valence-electron chi connectivity index (χ1n) is 6.79. The highest BCUT2D eigenvalue weighted by Crippen LogP contribution is 2.20. The van der Waals surface area contributed by atoms with Crippen molar-refractivity contribution in [1.82, 2.24) is 0 Å². The van der Waals surface area contributed by atoms with Crippen LogP contribution in [0.15, 0.2) is 48.5 Å². The van der Waals surface area contributed by atoms with Gasteiger partial charge in [0.05, 0.1) is 23.8 Å². The van der Waals surface area contributed by atoms with E-state index >= 15 is 0 Å². The van der Waals surface area contributed by atoms with E-state index in [9.17, 15) is 9.18 Å². The smallest absolute Gasteiger partial charge is 0.338 e. The Kier molecular flexibility index (Phi) is 5.05. The van der Waals surface area contributed by atoms with E-state index in [0.29, 0.717) is 28.9 Å². The van der Waals surface area contributed by atoms with Crippen molar-refractivity contribution in [1.29, 1.82) is 5.26 Å². The number of carbonyl (C=O) groups excluding carboxylic acids is 1. The van der Waals surface area contributed by atoms with Gasteiger partial charge in [-0.2, -0.15) is 5.26 Å². The Hall–Kier alpha value is -2.93. The third-order valence-electron chi connectivity index (χ3n) is 3.00. The summed E-state index contributed by atoms with van der Waals surface area (Å²) < 4.78 is 19.0. The van der Waals surface area contributed by atoms with Gasteiger partial charge in [-0.05, 0) is 42.8 Å². The number of esters is 1. The molecule has 0 fully saturated rings. The number of rotatable bonds is 4. The first-order valence-corrected chi connectivity index (χ1v) is 6.79. The molecule has 4 heteroatoms. The first-order chi connectivity index (χ1) is 10.6. The van der Waals surface area contributed by atoms with E-state index in [1.807, 2.05) is 6.07 Å². The number of ether oxygens (including phenoxy) is 1. The molecule has 2 rings (SSSR count). The van der Waals surface area contributed by atoms with Gasteiger partial charge in [-0.15, -0.1) is 0 Å². The van der Waals surface area contributed by atoms with Crippen molar-refractivity contribution in [3.63, 3.8) is 0 Å². The van der Waals surface area contributed by atoms with Crippen LogP contribution < -0.4 is 0 Å². The van der Waals surface area contributed by atoms with Crippen LogP contribution in [0.3, 0.4) is 0 Å². The maximum atomic E-state index is 14.1. The van der Waals surface area contributed by atoms with Gasteiger partial charge in [0.25, 0.3) is 0 Å². The molecule has 0 aromatic heterocycles. The molecule has 0 saturated carbocycles. The molecule has 2 aromatic carbocycles. The quantitative estimate of drug-likeness (QED) is 0.627. The van der Waals surface area contributed by atoms with Gasteiger partial charge in [0.1, 0.15) is 5.83 Å². The minimum atomic E-state index is -0.409. The third-order valence-corrected chi connectivity index (χ3v) is 3.00. The molecule has 0 aliphatic carbocycles. The molecule has 3 nitrogen and oxygen atoms in total. The average Bonchev–Trinajstić information content (AvgIpc) is 2.55. The van der Waals surface area contributed by atoms with Crippen molar-refractivity contribution < 1.29 is 13.9 Å². The van der Waals surface area contributed by atoms with Crippen LogP contribution in [-0.4, -0.2) is 12.6 Å². The Morgan fingerprint density at radius 3 is 2.27 bits per heavy atom. The highest BCUT2D eigenvalue weighted by atomic mass is 19.1. The van der Waals surface area contributed by atoms with E-state index in [1.54, 1.807) is 55.5 Å². The zero-order chi connectivity index (χ0) is 15.9. The van der Waals surface area contributed by atoms with Crippen LogP contribution in [0.25, 0.3) is 11.9 Å². The lowest BCUT2D eigenvalue weighted by Gasteiger charge is -2.02. The Morgan fingerprint density at radius 1 is 1.14 bits per heavy atom. The Bertz CT molecular complexity index is 725. The highest BCUT2D eigenvalue weighted by molar-refractivity contribution is 5.90. The third kappa shape index (κ3) is 3.80. The summed E-state index contributed by atoms with van der Waals surface area (Å²) in [7, 11) is 0. The van der Waals surface area contributed by atoms with Crippen LogP contribution in [0.5, 0.6) is 0 Å². The lowest BCUT2D eigenvalue weighted by molar-refractivity contribution is 0.0526. The zero-order valence-corrected chi connectivity index (χ0v) is 12.0. The normalized spacial score (nSPS) is 10.9. The summed E-state index contributed by atoms with van der Waals surface area (Å²) in [6.45, 7) is 2.05. The largest absolute Gasteiger partial charge is 0.462 e. The van der Waals surface area contributed by atoms with Crippen LogP contribution in [0.4, 0.5) is 4.39 Å². The highest BCUT2D eigenvalue weighted by Gasteiger charge is 2.06. The molecule has 22 heavy (non-hydrogen) atoms. The molecule has 0 saturated heterocycles. The van der Waals surface area contributed by atoms with Crippen LogP contribution in [0, 0.1) is 11.3 Å². The lowest BCUT2D eigenvalue weighted by atomic mass is 10.1. The molecule has 0 atom stereocenters. The molecular weight excluding hydrogens is 281 g/mol. The second-order valence-electron chi connectivity index (χ2n) is 4.52. The molecule has 0 radical (unpaired) electrons. The van der Waals surface area contributed by atoms with Crippen molar-refractivity contribution >= 4 is 17.9 Å². The zero-order valence-electron chi connectivity index (χ0n) is 12.0. The fourth-order valence-electron chi connectivity index (χ4n) is 1.86. The average molecular weight is 295 g/mol. The molecule has 0 heterocycles. The van der Waals surface area contributed by atoms with Crippen molar-refractivity contribution in [3.8, 4) is 6.07 Å². The monoisotopic (exact) mass is 295 g/mol. The van der Waals surface area contributed by atoms with Gasteiger partial charge >= 0.3 is 5.97 Å². The molecule has 2 aromatic rings. The van der Waals surface area contributed by atoms with E-state index in [4.69, 9.17) is 10.00 Å². The fraction of sp³-hybridized carbons (Fsp3) is 0.111. The van der Waals surface area contributed by atoms with Crippen molar-refractivity contribution in [3.05, 3.63) is 70.8 Å². The number of nitrogens with zero attached hydrogens (tertiary/aromatic N) is 1. The van der Waals surface area contributed by atoms with Crippen LogP contribution in [0.2, 0.25) is 0 Å². The van der Waals surface area contributed by atoms with Gasteiger partial charge in [0.2, 0.25) is 0 Å². The minimum Gasteiger partial charge on any atom is -0.462 e. The van der Waals surface area contributed by atoms with Crippen molar-refractivity contribution in [2.24, 2.45) is 0 Å². The molecule has 0 amide bonds. The summed E-state index contributed by atoms with van der Waals surface area (Å²) in [5.74, 6) is -0.807. The SMILES string of the molecule is CCOC(=O)c1ccc(/C=C(\F)c2ccc(C#N)cc2)cc1. The predicted molar refractivity (Wildman–Crippen MR) is 82.5 cm³/mol. The first kappa shape index (κ1) is 15.5. The number of benzene rings is 2. The topological polar surface area (TPSA) is 50.1 Å². The molecule has 0 N–H and O–H groups in total. The lowest BCUT2D eigenvalue weighted by Crippen LogP contribution is -2.03. The molecule has 110 valence electrons. The maximum Gasteiger partial charge on any atom is 0.338 e. The summed E-state index contributed by atoms with van der Waals surface area (Å²) in [6, 6.07) is 14.7. The van der Waals surface area contributed by atoms with Crippen LogP contribution >= 0.6 is 0 Å². The molecule has 0 unspecified atom stereocenters. The van der Waals surface area contributed by atoms with Gasteiger partial charge in [-0.25, -0.2) is 9.18 Å². The maximum absolute atomic E-state index is 14.1. The van der Waals surface area contributed by atoms with E-state index in [-0.39, 0.29) is 0 Å². The summed E-state index contributed by atoms with van der Waals surface area (Å²) in [4.78, 5) is 11.5. The second-order valence-corrected chi connectivity index (χ2v) is 4.52. The summed E-state index contributed by atoms with van der Waals surface area (Å²) in [5, 5.41) is 8.72. The summed E-state index contributed by atoms with van der Waals surface area (Å²) >= 11 is 0. The van der Waals surface area contributed by atoms with E-state index < -0.39 is 11.8 Å². The van der Waals surface area contributed by atoms with E-state index in [0.717, 1.165) is 0 Å². The Balaban J connectivity index is 2.17. The Labute approximate surface area is 128 Å². The van der Waals surface area contributed by atoms with Crippen LogP contribution in [-0.2, 0) is 4.74 Å². The summed E-state index contributed by atoms with van der Waals surface area (Å²) in [5.41, 5.74) is 1.94. The molecule has 0 spiro atoms. The van der Waals surface area contributed by atoms with Crippen molar-refractivity contribution in [2.75, 3.05) is 6.61 Å². The standard InChI is InChI=1S/C18H14FNO2/c1-2-22-18(21)16-9-3-13(4-10-16)11-17(19)15-7-5-14(12-20)6-8-15/h3-11H,2H2,1H3/b17-11-. The van der Waals surface area contributed by atoms with Gasteiger partial charge in [-0.1, -0.05) is 24.3 Å². The fourth-order valence-corrected chi connectivity index (χ4v) is 1.86. The van der Waals surface area contributed by atoms with Crippen molar-refractivity contribution in [2.45, 2.75) is 6.92 Å². The number of hydrogen-bond donors (Lipinski definition) is 0. The minimum absolute atomic E-state index is 0.313. The second kappa shape index (κ2) is 7.19. The van der Waals surface area contributed by atoms with Gasteiger partial charge < -0.3 is 4.74 Å². The van der Waals surface area contributed by atoms with Crippen LogP contribution in [0.1, 0.15) is 34.0 Å².